The van der Waals surface area contributed by atoms with Gasteiger partial charge >= 0.3 is 12.1 Å². The molecule has 3 atom stereocenters. The molecule has 0 aliphatic carbocycles. The molecule has 35 heavy (non-hydrogen) atoms. The molecule has 1 fully saturated rings. The minimum Gasteiger partial charge on any atom is -0.453 e. The summed E-state index contributed by atoms with van der Waals surface area (Å²) in [5.74, 6) is -3.95. The molecule has 12 heteroatoms. The number of alkyl carbamates (subject to hydrolysis) is 1. The minimum absolute atomic E-state index is 0.0609. The summed E-state index contributed by atoms with van der Waals surface area (Å²) >= 11 is 0. The first-order chi connectivity index (χ1) is 16.5. The topological polar surface area (TPSA) is 160 Å². The van der Waals surface area contributed by atoms with Crippen molar-refractivity contribution in [1.29, 1.82) is 0 Å². The van der Waals surface area contributed by atoms with E-state index in [9.17, 15) is 28.8 Å². The van der Waals surface area contributed by atoms with Crippen molar-refractivity contribution in [3.8, 4) is 0 Å². The van der Waals surface area contributed by atoms with E-state index in [1.807, 2.05) is 0 Å². The van der Waals surface area contributed by atoms with Gasteiger partial charge in [-0.15, -0.1) is 5.06 Å². The number of hydroxylamine groups is 2. The second-order valence-corrected chi connectivity index (χ2v) is 8.33. The summed E-state index contributed by atoms with van der Waals surface area (Å²) in [5, 5.41) is 7.88. The van der Waals surface area contributed by atoms with Crippen molar-refractivity contribution in [2.45, 2.75) is 58.2 Å². The smallest absolute Gasteiger partial charge is 0.407 e. The fourth-order valence-corrected chi connectivity index (χ4v) is 3.24. The van der Waals surface area contributed by atoms with Crippen molar-refractivity contribution >= 4 is 35.7 Å². The Kier molecular flexibility index (Phi) is 9.74. The van der Waals surface area contributed by atoms with E-state index in [1.54, 1.807) is 44.2 Å². The van der Waals surface area contributed by atoms with E-state index >= 15 is 0 Å². The number of rotatable bonds is 10. The summed E-state index contributed by atoms with van der Waals surface area (Å²) in [4.78, 5) is 78.1. The monoisotopic (exact) mass is 490 g/mol. The molecule has 0 spiro atoms. The second kappa shape index (κ2) is 12.5. The highest BCUT2D eigenvalue weighted by Gasteiger charge is 2.35. The van der Waals surface area contributed by atoms with Crippen LogP contribution in [-0.2, 0) is 40.0 Å². The third kappa shape index (κ3) is 7.80. The highest BCUT2D eigenvalue weighted by atomic mass is 16.7. The number of amides is 5. The fraction of sp³-hybridized carbons (Fsp3) is 0.478. The maximum Gasteiger partial charge on any atom is 0.407 e. The van der Waals surface area contributed by atoms with E-state index in [4.69, 9.17) is 4.84 Å². The summed E-state index contributed by atoms with van der Waals surface area (Å²) in [5.41, 5.74) is 0.735. The van der Waals surface area contributed by atoms with Gasteiger partial charge in [0.2, 0.25) is 11.8 Å². The number of methoxy groups -OCH3 is 1. The standard InChI is InChI=1S/C23H30N4O8/c1-13(2)19(26-23(33)34-4)21(31)25-16(12-15-8-6-5-7-9-15)20(30)24-14(3)22(32)35-27-17(28)10-11-18(27)29/h5-9,13-14,16,19H,10-12H2,1-4H3,(H,24,30)(H,25,31)(H,26,33)/t14-,16?,19-/m0/s1. The molecule has 3 N–H and O–H groups in total. The van der Waals surface area contributed by atoms with Gasteiger partial charge in [0.05, 0.1) is 7.11 Å². The van der Waals surface area contributed by atoms with Crippen molar-refractivity contribution in [2.75, 3.05) is 7.11 Å². The Morgan fingerprint density at radius 1 is 0.914 bits per heavy atom. The zero-order valence-electron chi connectivity index (χ0n) is 20.0. The van der Waals surface area contributed by atoms with Gasteiger partial charge in [-0.1, -0.05) is 44.2 Å². The quantitative estimate of drug-likeness (QED) is 0.392. The van der Waals surface area contributed by atoms with E-state index in [1.165, 1.54) is 14.0 Å². The van der Waals surface area contributed by atoms with Gasteiger partial charge in [0.1, 0.15) is 18.1 Å². The number of hydrogen-bond acceptors (Lipinski definition) is 8. The van der Waals surface area contributed by atoms with Crippen molar-refractivity contribution in [1.82, 2.24) is 21.0 Å². The highest BCUT2D eigenvalue weighted by Crippen LogP contribution is 2.13. The Morgan fingerprint density at radius 3 is 2.06 bits per heavy atom. The molecule has 1 aliphatic rings. The van der Waals surface area contributed by atoms with Crippen molar-refractivity contribution in [2.24, 2.45) is 5.92 Å². The zero-order chi connectivity index (χ0) is 26.1. The van der Waals surface area contributed by atoms with E-state index in [0.717, 1.165) is 5.56 Å². The SMILES string of the molecule is COC(=O)N[C@H](C(=O)NC(Cc1ccccc1)C(=O)N[C@@H](C)C(=O)ON1C(=O)CCC1=O)C(C)C. The van der Waals surface area contributed by atoms with Crippen LogP contribution < -0.4 is 16.0 Å². The average Bonchev–Trinajstić information content (AvgIpc) is 3.14. The number of carbonyl (C=O) groups is 6. The van der Waals surface area contributed by atoms with Crippen LogP contribution in [0.1, 0.15) is 39.2 Å². The first-order valence-corrected chi connectivity index (χ1v) is 11.1. The zero-order valence-corrected chi connectivity index (χ0v) is 20.0. The Hall–Kier alpha value is -3.96. The highest BCUT2D eigenvalue weighted by molar-refractivity contribution is 6.02. The summed E-state index contributed by atoms with van der Waals surface area (Å²) in [6.07, 6.45) is -0.833. The largest absolute Gasteiger partial charge is 0.453 e. The molecule has 0 radical (unpaired) electrons. The van der Waals surface area contributed by atoms with Crippen LogP contribution in [0, 0.1) is 5.92 Å². The maximum absolute atomic E-state index is 13.0. The van der Waals surface area contributed by atoms with Gasteiger partial charge in [-0.25, -0.2) is 9.59 Å². The predicted molar refractivity (Wildman–Crippen MR) is 121 cm³/mol. The molecule has 1 aromatic carbocycles. The van der Waals surface area contributed by atoms with Crippen molar-refractivity contribution in [3.05, 3.63) is 35.9 Å². The molecule has 1 unspecified atom stereocenters. The Morgan fingerprint density at radius 2 is 1.51 bits per heavy atom. The number of nitrogens with zero attached hydrogens (tertiary/aromatic N) is 1. The summed E-state index contributed by atoms with van der Waals surface area (Å²) in [7, 11) is 1.17. The lowest BCUT2D eigenvalue weighted by atomic mass is 10.0. The summed E-state index contributed by atoms with van der Waals surface area (Å²) in [6, 6.07) is 5.54. The lowest BCUT2D eigenvalue weighted by Gasteiger charge is -2.26. The van der Waals surface area contributed by atoms with Crippen LogP contribution in [0.15, 0.2) is 30.3 Å². The van der Waals surface area contributed by atoms with E-state index in [2.05, 4.69) is 20.7 Å². The molecule has 1 heterocycles. The van der Waals surface area contributed by atoms with Crippen molar-refractivity contribution in [3.63, 3.8) is 0 Å². The molecular weight excluding hydrogens is 460 g/mol. The molecule has 5 amide bonds. The molecule has 1 aromatic rings. The molecule has 1 saturated heterocycles. The minimum atomic E-state index is -1.23. The van der Waals surface area contributed by atoms with E-state index < -0.39 is 53.8 Å². The van der Waals surface area contributed by atoms with Gasteiger partial charge < -0.3 is 25.5 Å². The normalized spacial score (nSPS) is 15.7. The predicted octanol–water partition coefficient (Wildman–Crippen LogP) is 0.206. The van der Waals surface area contributed by atoms with Crippen molar-refractivity contribution < 1.29 is 38.3 Å². The van der Waals surface area contributed by atoms with Crippen LogP contribution in [0.4, 0.5) is 4.79 Å². The first kappa shape index (κ1) is 27.3. The first-order valence-electron chi connectivity index (χ1n) is 11.1. The number of carbonyl (C=O) groups excluding carboxylic acids is 6. The van der Waals surface area contributed by atoms with Gasteiger partial charge in [0.15, 0.2) is 0 Å². The molecular formula is C23H30N4O8. The number of ether oxygens (including phenoxy) is 1. The second-order valence-electron chi connectivity index (χ2n) is 8.33. The molecule has 0 bridgehead atoms. The average molecular weight is 491 g/mol. The molecule has 1 aliphatic heterocycles. The maximum atomic E-state index is 13.0. The lowest BCUT2D eigenvalue weighted by molar-refractivity contribution is -0.198. The number of nitrogens with one attached hydrogen (secondary N) is 3. The van der Waals surface area contributed by atoms with Gasteiger partial charge in [-0.2, -0.15) is 0 Å². The molecule has 2 rings (SSSR count). The van der Waals surface area contributed by atoms with Crippen LogP contribution in [0.3, 0.4) is 0 Å². The number of hydrogen-bond donors (Lipinski definition) is 3. The Labute approximate surface area is 202 Å². The molecule has 0 saturated carbocycles. The van der Waals surface area contributed by atoms with Crippen LogP contribution >= 0.6 is 0 Å². The van der Waals surface area contributed by atoms with Gasteiger partial charge in [0, 0.05) is 19.3 Å². The molecule has 190 valence electrons. The summed E-state index contributed by atoms with van der Waals surface area (Å²) in [6.45, 7) is 4.75. The summed E-state index contributed by atoms with van der Waals surface area (Å²) < 4.78 is 4.57. The Balaban J connectivity index is 2.13. The van der Waals surface area contributed by atoms with E-state index in [0.29, 0.717) is 5.06 Å². The lowest BCUT2D eigenvalue weighted by Crippen LogP contribution is -2.57. The van der Waals surface area contributed by atoms with Crippen LogP contribution in [0.25, 0.3) is 0 Å². The number of benzene rings is 1. The van der Waals surface area contributed by atoms with E-state index in [-0.39, 0.29) is 25.2 Å². The van der Waals surface area contributed by atoms with Crippen LogP contribution in [-0.4, -0.2) is 66.0 Å². The molecule has 0 aromatic heterocycles. The van der Waals surface area contributed by atoms with Gasteiger partial charge in [0.25, 0.3) is 11.8 Å². The van der Waals surface area contributed by atoms with Crippen LogP contribution in [0.2, 0.25) is 0 Å². The van der Waals surface area contributed by atoms with Gasteiger partial charge in [-0.05, 0) is 18.4 Å². The number of imide groups is 1. The third-order valence-electron chi connectivity index (χ3n) is 5.22. The van der Waals surface area contributed by atoms with Gasteiger partial charge in [-0.3, -0.25) is 19.2 Å². The Bertz CT molecular complexity index is 950. The van der Waals surface area contributed by atoms with Crippen LogP contribution in [0.5, 0.6) is 0 Å². The third-order valence-corrected chi connectivity index (χ3v) is 5.22. The molecule has 12 nitrogen and oxygen atoms in total. The fourth-order valence-electron chi connectivity index (χ4n) is 3.24.